The smallest absolute Gasteiger partial charge is 0.261 e. The zero-order valence-corrected chi connectivity index (χ0v) is 15.6. The molecule has 26 heavy (non-hydrogen) atoms. The maximum Gasteiger partial charge on any atom is 0.261 e. The fraction of sp³-hybridized carbons (Fsp3) is 0.300. The number of nitrogens with zero attached hydrogens (tertiary/aromatic N) is 1. The van der Waals surface area contributed by atoms with Crippen LogP contribution in [-0.4, -0.2) is 37.9 Å². The molecule has 136 valence electrons. The van der Waals surface area contributed by atoms with E-state index in [9.17, 15) is 8.42 Å². The maximum atomic E-state index is 12.6. The molecular weight excluding hydrogens is 346 g/mol. The second kappa shape index (κ2) is 6.78. The Morgan fingerprint density at radius 2 is 2.00 bits per heavy atom. The van der Waals surface area contributed by atoms with Crippen LogP contribution < -0.4 is 4.72 Å². The highest BCUT2D eigenvalue weighted by Gasteiger charge is 2.22. The quantitative estimate of drug-likeness (QED) is 0.722. The first kappa shape index (κ1) is 17.1. The molecule has 4 rings (SSSR count). The normalized spacial score (nSPS) is 18.4. The average molecular weight is 369 g/mol. The van der Waals surface area contributed by atoms with Gasteiger partial charge in [-0.3, -0.25) is 4.72 Å². The summed E-state index contributed by atoms with van der Waals surface area (Å²) in [7, 11) is -1.40. The standard InChI is InChI=1S/C20H23N3O2S/c1-23-11-5-6-17(23)12-15-14-21-20-10-9-16(13-19(15)20)22-26(24,25)18-7-3-2-4-8-18/h2-4,7-10,13-14,17,21-22H,5-6,11-12H2,1H3. The zero-order chi connectivity index (χ0) is 18.1. The van der Waals surface area contributed by atoms with Crippen LogP contribution in [0.2, 0.25) is 0 Å². The maximum absolute atomic E-state index is 12.6. The number of likely N-dealkylation sites (N-methyl/N-ethyl adjacent to an activating group) is 1. The Hall–Kier alpha value is -2.31. The molecule has 1 unspecified atom stereocenters. The number of anilines is 1. The molecule has 6 heteroatoms. The molecule has 1 aliphatic rings. The van der Waals surface area contributed by atoms with Crippen molar-refractivity contribution in [2.24, 2.45) is 0 Å². The highest BCUT2D eigenvalue weighted by molar-refractivity contribution is 7.92. The van der Waals surface area contributed by atoms with Gasteiger partial charge in [-0.05, 0) is 68.8 Å². The summed E-state index contributed by atoms with van der Waals surface area (Å²) in [5, 5.41) is 1.08. The van der Waals surface area contributed by atoms with Crippen molar-refractivity contribution < 1.29 is 8.42 Å². The van der Waals surface area contributed by atoms with Crippen LogP contribution in [0.4, 0.5) is 5.69 Å². The highest BCUT2D eigenvalue weighted by Crippen LogP contribution is 2.27. The first-order valence-electron chi connectivity index (χ1n) is 8.91. The number of fused-ring (bicyclic) bond motifs is 1. The average Bonchev–Trinajstić information content (AvgIpc) is 3.22. The molecule has 0 bridgehead atoms. The van der Waals surface area contributed by atoms with Gasteiger partial charge in [-0.2, -0.15) is 0 Å². The van der Waals surface area contributed by atoms with E-state index in [0.29, 0.717) is 11.7 Å². The van der Waals surface area contributed by atoms with Gasteiger partial charge in [-0.15, -0.1) is 0 Å². The molecule has 5 nitrogen and oxygen atoms in total. The summed E-state index contributed by atoms with van der Waals surface area (Å²) in [4.78, 5) is 5.97. The minimum absolute atomic E-state index is 0.266. The first-order valence-corrected chi connectivity index (χ1v) is 10.4. The Labute approximate surface area is 154 Å². The van der Waals surface area contributed by atoms with Crippen LogP contribution in [0.25, 0.3) is 10.9 Å². The van der Waals surface area contributed by atoms with Gasteiger partial charge in [0.05, 0.1) is 4.90 Å². The summed E-state index contributed by atoms with van der Waals surface area (Å²) >= 11 is 0. The van der Waals surface area contributed by atoms with Crippen molar-refractivity contribution in [1.82, 2.24) is 9.88 Å². The Balaban J connectivity index is 1.62. The summed E-state index contributed by atoms with van der Waals surface area (Å²) in [6.07, 6.45) is 5.48. The molecule has 2 aromatic carbocycles. The lowest BCUT2D eigenvalue weighted by atomic mass is 10.0. The molecule has 1 fully saturated rings. The minimum Gasteiger partial charge on any atom is -0.361 e. The summed E-state index contributed by atoms with van der Waals surface area (Å²) in [6.45, 7) is 1.15. The van der Waals surface area contributed by atoms with Crippen molar-refractivity contribution in [2.75, 3.05) is 18.3 Å². The van der Waals surface area contributed by atoms with Crippen LogP contribution in [0.5, 0.6) is 0 Å². The van der Waals surface area contributed by atoms with E-state index in [1.165, 1.54) is 18.4 Å². The van der Waals surface area contributed by atoms with Gasteiger partial charge in [0.25, 0.3) is 10.0 Å². The van der Waals surface area contributed by atoms with Crippen LogP contribution in [0, 0.1) is 0 Å². The Morgan fingerprint density at radius 1 is 1.19 bits per heavy atom. The fourth-order valence-corrected chi connectivity index (χ4v) is 4.79. The lowest BCUT2D eigenvalue weighted by Crippen LogP contribution is -2.26. The van der Waals surface area contributed by atoms with Crippen molar-refractivity contribution in [2.45, 2.75) is 30.2 Å². The van der Waals surface area contributed by atoms with Crippen LogP contribution in [0.15, 0.2) is 59.6 Å². The van der Waals surface area contributed by atoms with E-state index in [-0.39, 0.29) is 4.90 Å². The van der Waals surface area contributed by atoms with Crippen LogP contribution >= 0.6 is 0 Å². The van der Waals surface area contributed by atoms with Crippen molar-refractivity contribution in [1.29, 1.82) is 0 Å². The van der Waals surface area contributed by atoms with Crippen molar-refractivity contribution >= 4 is 26.6 Å². The third-order valence-electron chi connectivity index (χ3n) is 5.20. The van der Waals surface area contributed by atoms with Gasteiger partial charge in [0.2, 0.25) is 0 Å². The number of hydrogen-bond donors (Lipinski definition) is 2. The number of nitrogens with one attached hydrogen (secondary N) is 2. The molecule has 1 saturated heterocycles. The number of benzene rings is 2. The molecule has 0 aliphatic carbocycles. The highest BCUT2D eigenvalue weighted by atomic mass is 32.2. The van der Waals surface area contributed by atoms with E-state index in [1.807, 2.05) is 18.3 Å². The fourth-order valence-electron chi connectivity index (χ4n) is 3.72. The molecule has 3 aromatic rings. The Morgan fingerprint density at radius 3 is 2.73 bits per heavy atom. The van der Waals surface area contributed by atoms with Crippen molar-refractivity contribution in [3.63, 3.8) is 0 Å². The predicted molar refractivity (Wildman–Crippen MR) is 105 cm³/mol. The molecule has 2 heterocycles. The first-order chi connectivity index (χ1) is 12.5. The number of H-pyrrole nitrogens is 1. The van der Waals surface area contributed by atoms with Gasteiger partial charge in [0, 0.05) is 28.8 Å². The molecule has 1 atom stereocenters. The van der Waals surface area contributed by atoms with E-state index in [1.54, 1.807) is 36.4 Å². The van der Waals surface area contributed by atoms with Gasteiger partial charge in [0.15, 0.2) is 0 Å². The second-order valence-corrected chi connectivity index (χ2v) is 8.66. The predicted octanol–water partition coefficient (Wildman–Crippen LogP) is 3.61. The number of likely N-dealkylation sites (tertiary alicyclic amines) is 1. The molecule has 2 N–H and O–H groups in total. The molecule has 0 amide bonds. The number of rotatable bonds is 5. The minimum atomic E-state index is -3.58. The van der Waals surface area contributed by atoms with E-state index in [4.69, 9.17) is 0 Å². The number of hydrogen-bond acceptors (Lipinski definition) is 3. The van der Waals surface area contributed by atoms with Crippen molar-refractivity contribution in [3.8, 4) is 0 Å². The molecule has 0 saturated carbocycles. The lowest BCUT2D eigenvalue weighted by Gasteiger charge is -2.18. The second-order valence-electron chi connectivity index (χ2n) is 6.97. The largest absolute Gasteiger partial charge is 0.361 e. The van der Waals surface area contributed by atoms with Gasteiger partial charge in [0.1, 0.15) is 0 Å². The van der Waals surface area contributed by atoms with Crippen LogP contribution in [0.3, 0.4) is 0 Å². The van der Waals surface area contributed by atoms with Crippen molar-refractivity contribution in [3.05, 3.63) is 60.3 Å². The van der Waals surface area contributed by atoms with Gasteiger partial charge < -0.3 is 9.88 Å². The number of sulfonamides is 1. The molecule has 0 spiro atoms. The summed E-state index contributed by atoms with van der Waals surface area (Å²) < 4.78 is 27.8. The Bertz CT molecular complexity index is 1010. The van der Waals surface area contributed by atoms with E-state index >= 15 is 0 Å². The summed E-state index contributed by atoms with van der Waals surface area (Å²) in [5.41, 5.74) is 2.85. The third kappa shape index (κ3) is 3.34. The summed E-state index contributed by atoms with van der Waals surface area (Å²) in [6, 6.07) is 14.6. The number of aromatic nitrogens is 1. The Kier molecular flexibility index (Phi) is 4.46. The molecular formula is C20H23N3O2S. The van der Waals surface area contributed by atoms with Crippen LogP contribution in [-0.2, 0) is 16.4 Å². The SMILES string of the molecule is CN1CCCC1Cc1c[nH]c2ccc(NS(=O)(=O)c3ccccc3)cc12. The zero-order valence-electron chi connectivity index (χ0n) is 14.8. The lowest BCUT2D eigenvalue weighted by molar-refractivity contribution is 0.310. The van der Waals surface area contributed by atoms with Crippen LogP contribution in [0.1, 0.15) is 18.4 Å². The molecule has 1 aromatic heterocycles. The monoisotopic (exact) mass is 369 g/mol. The molecule has 1 aliphatic heterocycles. The van der Waals surface area contributed by atoms with Gasteiger partial charge >= 0.3 is 0 Å². The number of aromatic amines is 1. The molecule has 0 radical (unpaired) electrons. The van der Waals surface area contributed by atoms with E-state index in [2.05, 4.69) is 21.7 Å². The van der Waals surface area contributed by atoms with Gasteiger partial charge in [-0.25, -0.2) is 8.42 Å². The topological polar surface area (TPSA) is 65.2 Å². The van der Waals surface area contributed by atoms with Gasteiger partial charge in [-0.1, -0.05) is 18.2 Å². The third-order valence-corrected chi connectivity index (χ3v) is 6.60. The van der Waals surface area contributed by atoms with E-state index in [0.717, 1.165) is 23.9 Å². The summed E-state index contributed by atoms with van der Waals surface area (Å²) in [5.74, 6) is 0. The van der Waals surface area contributed by atoms with E-state index < -0.39 is 10.0 Å².